The van der Waals surface area contributed by atoms with Gasteiger partial charge in [0, 0.05) is 42.0 Å². The number of ether oxygens (including phenoxy) is 1. The average molecular weight is 466 g/mol. The molecule has 0 unspecified atom stereocenters. The second kappa shape index (κ2) is 8.00. The summed E-state index contributed by atoms with van der Waals surface area (Å²) in [5.41, 5.74) is 1.37. The van der Waals surface area contributed by atoms with Crippen molar-refractivity contribution in [2.45, 2.75) is 44.5 Å². The molecule has 35 heavy (non-hydrogen) atoms. The second-order valence-electron chi connectivity index (χ2n) is 9.48. The SMILES string of the molecule is CC(=O)O[C@H](C)[C@]12CC3=C(C(=O)c4cc5ccccc5cc4C3=O)[C@H](C1)OB(c1ccccc1)O2. The van der Waals surface area contributed by atoms with Crippen LogP contribution in [-0.4, -0.2) is 42.5 Å². The number of ketones is 2. The van der Waals surface area contributed by atoms with Crippen LogP contribution in [0.1, 0.15) is 47.4 Å². The first-order valence-electron chi connectivity index (χ1n) is 11.8. The van der Waals surface area contributed by atoms with Crippen LogP contribution in [0.3, 0.4) is 0 Å². The molecule has 0 N–H and O–H groups in total. The van der Waals surface area contributed by atoms with E-state index in [4.69, 9.17) is 14.0 Å². The van der Waals surface area contributed by atoms with Gasteiger partial charge in [0.2, 0.25) is 0 Å². The number of benzene rings is 3. The van der Waals surface area contributed by atoms with Crippen molar-refractivity contribution in [2.75, 3.05) is 0 Å². The minimum atomic E-state index is -1.00. The van der Waals surface area contributed by atoms with Gasteiger partial charge in [-0.25, -0.2) is 0 Å². The largest absolute Gasteiger partial charge is 0.494 e. The van der Waals surface area contributed by atoms with Gasteiger partial charge in [-0.3, -0.25) is 14.4 Å². The third-order valence-corrected chi connectivity index (χ3v) is 7.33. The molecule has 3 aliphatic rings. The Morgan fingerprint density at radius 3 is 2.29 bits per heavy atom. The summed E-state index contributed by atoms with van der Waals surface area (Å²) in [7, 11) is -0.761. The Morgan fingerprint density at radius 1 is 1.00 bits per heavy atom. The maximum absolute atomic E-state index is 13.8. The van der Waals surface area contributed by atoms with Crippen LogP contribution in [-0.2, 0) is 18.8 Å². The van der Waals surface area contributed by atoms with Gasteiger partial charge in [-0.2, -0.15) is 0 Å². The van der Waals surface area contributed by atoms with Crippen molar-refractivity contribution in [1.82, 2.24) is 0 Å². The number of hydrogen-bond donors (Lipinski definition) is 0. The van der Waals surface area contributed by atoms with E-state index in [-0.39, 0.29) is 18.0 Å². The Kier molecular flexibility index (Phi) is 5.02. The molecule has 1 aliphatic heterocycles. The van der Waals surface area contributed by atoms with E-state index in [1.165, 1.54) is 6.92 Å². The minimum Gasteiger partial charge on any atom is -0.460 e. The molecular formula is C28H23BO6. The van der Waals surface area contributed by atoms with Crippen molar-refractivity contribution in [3.8, 4) is 0 Å². The van der Waals surface area contributed by atoms with Gasteiger partial charge in [-0.1, -0.05) is 54.6 Å². The summed E-state index contributed by atoms with van der Waals surface area (Å²) >= 11 is 0. The van der Waals surface area contributed by atoms with Crippen LogP contribution < -0.4 is 5.46 Å². The first-order valence-corrected chi connectivity index (χ1v) is 11.8. The molecule has 1 heterocycles. The highest BCUT2D eigenvalue weighted by Crippen LogP contribution is 2.48. The summed E-state index contributed by atoms with van der Waals surface area (Å²) in [5.74, 6) is -0.819. The molecule has 0 amide bonds. The molecule has 2 aliphatic carbocycles. The van der Waals surface area contributed by atoms with E-state index >= 15 is 0 Å². The Balaban J connectivity index is 1.49. The summed E-state index contributed by atoms with van der Waals surface area (Å²) in [6.45, 7) is 3.12. The molecule has 2 bridgehead atoms. The molecular weight excluding hydrogens is 443 g/mol. The second-order valence-corrected chi connectivity index (χ2v) is 9.48. The molecule has 3 aromatic rings. The quantitative estimate of drug-likeness (QED) is 0.432. The van der Waals surface area contributed by atoms with E-state index in [2.05, 4.69) is 0 Å². The van der Waals surface area contributed by atoms with Crippen LogP contribution in [0.2, 0.25) is 0 Å². The third-order valence-electron chi connectivity index (χ3n) is 7.33. The Labute approximate surface area is 203 Å². The van der Waals surface area contributed by atoms with Gasteiger partial charge >= 0.3 is 13.1 Å². The van der Waals surface area contributed by atoms with Crippen molar-refractivity contribution >= 4 is 40.9 Å². The van der Waals surface area contributed by atoms with Crippen molar-refractivity contribution in [1.29, 1.82) is 0 Å². The zero-order chi connectivity index (χ0) is 24.3. The van der Waals surface area contributed by atoms with Gasteiger partial charge in [0.15, 0.2) is 11.6 Å². The smallest absolute Gasteiger partial charge is 0.460 e. The first kappa shape index (κ1) is 22.0. The number of esters is 1. The lowest BCUT2D eigenvalue weighted by molar-refractivity contribution is -0.168. The molecule has 0 aromatic heterocycles. The Hall–Kier alpha value is -3.55. The average Bonchev–Trinajstić information content (AvgIpc) is 2.86. The molecule has 7 heteroatoms. The molecule has 1 fully saturated rings. The van der Waals surface area contributed by atoms with Gasteiger partial charge in [-0.15, -0.1) is 0 Å². The molecule has 0 radical (unpaired) electrons. The zero-order valence-corrected chi connectivity index (χ0v) is 19.4. The molecule has 6 nitrogen and oxygen atoms in total. The van der Waals surface area contributed by atoms with E-state index in [1.807, 2.05) is 54.6 Å². The van der Waals surface area contributed by atoms with Crippen LogP contribution in [0, 0.1) is 0 Å². The molecule has 0 spiro atoms. The predicted molar refractivity (Wildman–Crippen MR) is 131 cm³/mol. The first-order chi connectivity index (χ1) is 16.9. The maximum atomic E-state index is 13.8. The molecule has 6 rings (SSSR count). The van der Waals surface area contributed by atoms with Crippen LogP contribution in [0.25, 0.3) is 10.8 Å². The lowest BCUT2D eigenvalue weighted by Gasteiger charge is -2.51. The van der Waals surface area contributed by atoms with Gasteiger partial charge < -0.3 is 14.0 Å². The number of carbonyl (C=O) groups is 3. The normalized spacial score (nSPS) is 24.2. The van der Waals surface area contributed by atoms with Crippen molar-refractivity contribution in [2.24, 2.45) is 0 Å². The minimum absolute atomic E-state index is 0.164. The topological polar surface area (TPSA) is 78.9 Å². The number of rotatable bonds is 3. The number of Topliss-reactive ketones (excluding diaryl/α,β-unsaturated/α-hetero) is 2. The highest BCUT2D eigenvalue weighted by molar-refractivity contribution is 6.61. The molecule has 174 valence electrons. The van der Waals surface area contributed by atoms with E-state index in [0.717, 1.165) is 16.2 Å². The Morgan fingerprint density at radius 2 is 1.63 bits per heavy atom. The molecule has 3 aromatic carbocycles. The van der Waals surface area contributed by atoms with Gasteiger partial charge in [0.1, 0.15) is 6.10 Å². The predicted octanol–water partition coefficient (Wildman–Crippen LogP) is 3.81. The number of hydrogen-bond acceptors (Lipinski definition) is 6. The molecule has 0 saturated carbocycles. The van der Waals surface area contributed by atoms with E-state index in [1.54, 1.807) is 19.1 Å². The standard InChI is InChI=1S/C28H23BO6/c1-16(33-17(2)30)28-14-23-25(24(15-28)34-29(35-28)20-10-4-3-5-11-20)27(32)22-13-19-9-7-6-8-18(19)12-21(22)26(23)31/h3-13,16,24H,14-15H2,1-2H3/t16-,24+,28+/m1/s1. The zero-order valence-electron chi connectivity index (χ0n) is 19.4. The van der Waals surface area contributed by atoms with E-state index in [9.17, 15) is 14.4 Å². The van der Waals surface area contributed by atoms with E-state index < -0.39 is 30.9 Å². The third kappa shape index (κ3) is 3.46. The maximum Gasteiger partial charge on any atom is 0.494 e. The lowest BCUT2D eigenvalue weighted by Crippen LogP contribution is -2.63. The van der Waals surface area contributed by atoms with Crippen LogP contribution in [0.4, 0.5) is 0 Å². The summed E-state index contributed by atoms with van der Waals surface area (Å²) in [4.78, 5) is 39.5. The highest BCUT2D eigenvalue weighted by atomic mass is 16.6. The van der Waals surface area contributed by atoms with Crippen molar-refractivity contribution < 1.29 is 28.4 Å². The molecule has 3 atom stereocenters. The summed E-state index contributed by atoms with van der Waals surface area (Å²) in [5, 5.41) is 1.80. The van der Waals surface area contributed by atoms with Gasteiger partial charge in [0.05, 0.1) is 11.7 Å². The van der Waals surface area contributed by atoms with Crippen LogP contribution in [0.5, 0.6) is 0 Å². The number of carbonyl (C=O) groups excluding carboxylic acids is 3. The lowest BCUT2D eigenvalue weighted by atomic mass is 9.64. The van der Waals surface area contributed by atoms with Crippen molar-refractivity contribution in [3.63, 3.8) is 0 Å². The van der Waals surface area contributed by atoms with E-state index in [0.29, 0.717) is 28.7 Å². The fourth-order valence-electron chi connectivity index (χ4n) is 5.60. The molecule has 1 saturated heterocycles. The fourth-order valence-corrected chi connectivity index (χ4v) is 5.60. The van der Waals surface area contributed by atoms with Gasteiger partial charge in [-0.05, 0) is 35.3 Å². The summed E-state index contributed by atoms with van der Waals surface area (Å²) in [6.07, 6.45) is -0.832. The van der Waals surface area contributed by atoms with Crippen LogP contribution in [0.15, 0.2) is 77.9 Å². The van der Waals surface area contributed by atoms with Crippen LogP contribution >= 0.6 is 0 Å². The number of fused-ring (bicyclic) bond motifs is 5. The van der Waals surface area contributed by atoms with Gasteiger partial charge in [0.25, 0.3) is 0 Å². The summed E-state index contributed by atoms with van der Waals surface area (Å²) in [6, 6.07) is 20.7. The summed E-state index contributed by atoms with van der Waals surface area (Å²) < 4.78 is 18.4. The fraction of sp³-hybridized carbons (Fsp3) is 0.250. The van der Waals surface area contributed by atoms with Crippen molar-refractivity contribution in [3.05, 3.63) is 89.0 Å². The highest BCUT2D eigenvalue weighted by Gasteiger charge is 2.57. The Bertz CT molecular complexity index is 1430. The monoisotopic (exact) mass is 466 g/mol.